The second-order valence-corrected chi connectivity index (χ2v) is 8.55. The summed E-state index contributed by atoms with van der Waals surface area (Å²) in [5.74, 6) is 0.0827. The maximum Gasteiger partial charge on any atom is 0.589 e. The minimum absolute atomic E-state index is 0.106. The van der Waals surface area contributed by atoms with Crippen molar-refractivity contribution in [3.63, 3.8) is 0 Å². The summed E-state index contributed by atoms with van der Waals surface area (Å²) < 4.78 is 47.2. The molecule has 1 atom stereocenters. The second kappa shape index (κ2) is 11.6. The minimum atomic E-state index is -4.52. The fraction of sp³-hybridized carbons (Fsp3) is 0.240. The van der Waals surface area contributed by atoms with Crippen molar-refractivity contribution in [2.45, 2.75) is 20.0 Å². The fourth-order valence-electron chi connectivity index (χ4n) is 3.02. The highest BCUT2D eigenvalue weighted by Crippen LogP contribution is 2.55. The van der Waals surface area contributed by atoms with Gasteiger partial charge in [-0.05, 0) is 43.7 Å². The lowest BCUT2D eigenvalue weighted by molar-refractivity contribution is -0.152. The van der Waals surface area contributed by atoms with Crippen LogP contribution >= 0.6 is 7.82 Å². The molecule has 180 valence electrons. The average Bonchev–Trinajstić information content (AvgIpc) is 2.84. The van der Waals surface area contributed by atoms with Crippen molar-refractivity contribution >= 4 is 13.8 Å². The molecule has 0 amide bonds. The number of rotatable bonds is 11. The Morgan fingerprint density at radius 3 is 1.71 bits per heavy atom. The largest absolute Gasteiger partial charge is 0.589 e. The molecule has 0 spiro atoms. The summed E-state index contributed by atoms with van der Waals surface area (Å²) in [5.41, 5.74) is 1.40. The fourth-order valence-corrected chi connectivity index (χ4v) is 4.39. The molecule has 0 aliphatic rings. The molecule has 8 nitrogen and oxygen atoms in total. The van der Waals surface area contributed by atoms with E-state index in [4.69, 9.17) is 27.8 Å². The molecule has 0 unspecified atom stereocenters. The number of carbonyl (C=O) groups is 1. The van der Waals surface area contributed by atoms with Gasteiger partial charge in [-0.25, -0.2) is 13.9 Å². The zero-order chi connectivity index (χ0) is 24.6. The van der Waals surface area contributed by atoms with E-state index in [1.807, 2.05) is 6.92 Å². The van der Waals surface area contributed by atoms with Crippen LogP contribution in [0, 0.1) is 6.92 Å². The zero-order valence-electron chi connectivity index (χ0n) is 19.4. The minimum Gasteiger partial charge on any atom is -0.493 e. The van der Waals surface area contributed by atoms with Crippen LogP contribution in [0.5, 0.6) is 23.0 Å². The molecule has 0 aliphatic carbocycles. The Balaban J connectivity index is 2.05. The molecule has 0 heterocycles. The molecule has 3 aromatic rings. The van der Waals surface area contributed by atoms with E-state index in [0.29, 0.717) is 17.1 Å². The van der Waals surface area contributed by atoms with Crippen LogP contribution in [-0.4, -0.2) is 26.8 Å². The van der Waals surface area contributed by atoms with Crippen LogP contribution in [-0.2, 0) is 18.6 Å². The van der Waals surface area contributed by atoms with Crippen LogP contribution in [0.15, 0.2) is 72.8 Å². The lowest BCUT2D eigenvalue weighted by Gasteiger charge is -2.24. The van der Waals surface area contributed by atoms with Gasteiger partial charge in [-0.1, -0.05) is 54.1 Å². The first-order valence-electron chi connectivity index (χ1n) is 10.6. The number of para-hydroxylation sites is 4. The molecule has 0 fully saturated rings. The number of carbonyl (C=O) groups excluding carboxylic acids is 1. The Kier molecular flexibility index (Phi) is 8.57. The van der Waals surface area contributed by atoms with Gasteiger partial charge in [0.1, 0.15) is 0 Å². The monoisotopic (exact) mass is 486 g/mol. The second-order valence-electron chi connectivity index (χ2n) is 7.08. The topological polar surface area (TPSA) is 89.5 Å². The number of hydrogen-bond acceptors (Lipinski definition) is 8. The van der Waals surface area contributed by atoms with Crippen LogP contribution in [0.1, 0.15) is 24.2 Å². The first kappa shape index (κ1) is 25.1. The smallest absolute Gasteiger partial charge is 0.493 e. The Bertz CT molecular complexity index is 1090. The van der Waals surface area contributed by atoms with Crippen LogP contribution in [0.3, 0.4) is 0 Å². The number of phosphoric ester groups is 1. The Hall–Kier alpha value is -3.48. The van der Waals surface area contributed by atoms with Crippen molar-refractivity contribution in [3.8, 4) is 23.0 Å². The van der Waals surface area contributed by atoms with Crippen molar-refractivity contribution in [1.82, 2.24) is 0 Å². The highest BCUT2D eigenvalue weighted by molar-refractivity contribution is 7.49. The number of methoxy groups -OCH3 is 2. The van der Waals surface area contributed by atoms with E-state index in [1.165, 1.54) is 14.2 Å². The molecule has 0 aliphatic heterocycles. The van der Waals surface area contributed by atoms with Gasteiger partial charge in [0.2, 0.25) is 0 Å². The quantitative estimate of drug-likeness (QED) is 0.245. The van der Waals surface area contributed by atoms with Crippen LogP contribution in [0.2, 0.25) is 0 Å². The summed E-state index contributed by atoms with van der Waals surface area (Å²) in [7, 11) is -1.62. The molecule has 0 saturated carbocycles. The third-order valence-electron chi connectivity index (χ3n) is 4.67. The molecule has 3 aromatic carbocycles. The predicted octanol–water partition coefficient (Wildman–Crippen LogP) is 5.90. The summed E-state index contributed by atoms with van der Waals surface area (Å²) in [6.45, 7) is 3.68. The maximum atomic E-state index is 14.1. The van der Waals surface area contributed by atoms with E-state index in [2.05, 4.69) is 0 Å². The van der Waals surface area contributed by atoms with Crippen LogP contribution in [0.25, 0.3) is 0 Å². The SMILES string of the molecule is CCOC(=O)[C@@H](OP(=O)(Oc1ccccc1OC)Oc1ccccc1OC)c1ccc(C)cc1. The van der Waals surface area contributed by atoms with Crippen molar-refractivity contribution < 1.29 is 37.1 Å². The number of benzene rings is 3. The standard InChI is InChI=1S/C25H27O8P/c1-5-30-25(26)24(19-16-14-18(2)15-17-19)33-34(27,31-22-12-8-6-10-20(22)28-3)32-23-13-9-7-11-21(23)29-4/h6-17,24H,5H2,1-4H3/t24-/m0/s1. The first-order chi connectivity index (χ1) is 16.4. The van der Waals surface area contributed by atoms with E-state index in [1.54, 1.807) is 79.7 Å². The Labute approximate surface area is 198 Å². The molecular weight excluding hydrogens is 459 g/mol. The van der Waals surface area contributed by atoms with E-state index < -0.39 is 19.9 Å². The van der Waals surface area contributed by atoms with Crippen LogP contribution in [0.4, 0.5) is 0 Å². The number of hydrogen-bond donors (Lipinski definition) is 0. The third-order valence-corrected chi connectivity index (χ3v) is 5.98. The first-order valence-corrected chi connectivity index (χ1v) is 12.0. The van der Waals surface area contributed by atoms with Gasteiger partial charge >= 0.3 is 13.8 Å². The molecule has 0 aromatic heterocycles. The maximum absolute atomic E-state index is 14.1. The van der Waals surface area contributed by atoms with Gasteiger partial charge < -0.3 is 23.3 Å². The van der Waals surface area contributed by atoms with Gasteiger partial charge in [0.05, 0.1) is 20.8 Å². The van der Waals surface area contributed by atoms with E-state index in [9.17, 15) is 9.36 Å². The van der Waals surface area contributed by atoms with Gasteiger partial charge in [0.25, 0.3) is 0 Å². The summed E-state index contributed by atoms with van der Waals surface area (Å²) in [6, 6.07) is 20.1. The van der Waals surface area contributed by atoms with Gasteiger partial charge in [0.15, 0.2) is 29.1 Å². The van der Waals surface area contributed by atoms with Crippen molar-refractivity contribution in [2.24, 2.45) is 0 Å². The Morgan fingerprint density at radius 2 is 1.26 bits per heavy atom. The molecule has 3 rings (SSSR count). The van der Waals surface area contributed by atoms with E-state index in [-0.39, 0.29) is 18.1 Å². The van der Waals surface area contributed by atoms with E-state index in [0.717, 1.165) is 5.56 Å². The van der Waals surface area contributed by atoms with Crippen molar-refractivity contribution in [2.75, 3.05) is 20.8 Å². The number of esters is 1. The number of phosphoric acid groups is 1. The molecule has 0 bridgehead atoms. The molecule has 9 heteroatoms. The Morgan fingerprint density at radius 1 is 0.794 bits per heavy atom. The van der Waals surface area contributed by atoms with Crippen LogP contribution < -0.4 is 18.5 Å². The van der Waals surface area contributed by atoms with Gasteiger partial charge in [-0.3, -0.25) is 0 Å². The van der Waals surface area contributed by atoms with Gasteiger partial charge in [-0.15, -0.1) is 0 Å². The van der Waals surface area contributed by atoms with Gasteiger partial charge in [-0.2, -0.15) is 0 Å². The summed E-state index contributed by atoms with van der Waals surface area (Å²) in [6.07, 6.45) is -1.38. The summed E-state index contributed by atoms with van der Waals surface area (Å²) in [4.78, 5) is 12.8. The van der Waals surface area contributed by atoms with Crippen molar-refractivity contribution in [1.29, 1.82) is 0 Å². The molecular formula is C25H27O8P. The summed E-state index contributed by atoms with van der Waals surface area (Å²) in [5, 5.41) is 0. The summed E-state index contributed by atoms with van der Waals surface area (Å²) >= 11 is 0. The highest BCUT2D eigenvalue weighted by atomic mass is 31.2. The lowest BCUT2D eigenvalue weighted by atomic mass is 10.1. The number of aryl methyl sites for hydroxylation is 1. The molecule has 0 N–H and O–H groups in total. The number of ether oxygens (including phenoxy) is 3. The van der Waals surface area contributed by atoms with Crippen molar-refractivity contribution in [3.05, 3.63) is 83.9 Å². The zero-order valence-corrected chi connectivity index (χ0v) is 20.3. The molecule has 0 radical (unpaired) electrons. The highest BCUT2D eigenvalue weighted by Gasteiger charge is 2.40. The third kappa shape index (κ3) is 6.31. The van der Waals surface area contributed by atoms with E-state index >= 15 is 0 Å². The average molecular weight is 486 g/mol. The lowest BCUT2D eigenvalue weighted by Crippen LogP contribution is -2.20. The molecule has 0 saturated heterocycles. The molecule has 34 heavy (non-hydrogen) atoms. The predicted molar refractivity (Wildman–Crippen MR) is 126 cm³/mol. The van der Waals surface area contributed by atoms with Gasteiger partial charge in [0, 0.05) is 0 Å². The normalized spacial score (nSPS) is 11.9.